The summed E-state index contributed by atoms with van der Waals surface area (Å²) in [4.78, 5) is 29.8. The Balaban J connectivity index is 1.68. The third-order valence-electron chi connectivity index (χ3n) is 5.62. The number of benzene rings is 2. The Morgan fingerprint density at radius 1 is 1.00 bits per heavy atom. The van der Waals surface area contributed by atoms with Gasteiger partial charge >= 0.3 is 0 Å². The van der Waals surface area contributed by atoms with E-state index in [2.05, 4.69) is 13.5 Å². The summed E-state index contributed by atoms with van der Waals surface area (Å²) in [5.74, 6) is 1.06. The highest BCUT2D eigenvalue weighted by Gasteiger charge is 2.22. The third-order valence-corrected chi connectivity index (χ3v) is 5.62. The van der Waals surface area contributed by atoms with Crippen LogP contribution in [0.15, 0.2) is 90.1 Å². The van der Waals surface area contributed by atoms with Gasteiger partial charge < -0.3 is 19.0 Å². The number of carbonyl (C=O) groups is 2. The predicted octanol–water partition coefficient (Wildman–Crippen LogP) is 5.36. The lowest BCUT2D eigenvalue weighted by Crippen LogP contribution is -2.43. The molecular formula is C29H34N2O4. The van der Waals surface area contributed by atoms with E-state index in [-0.39, 0.29) is 24.9 Å². The minimum absolute atomic E-state index is 0.0465. The second kappa shape index (κ2) is 13.8. The van der Waals surface area contributed by atoms with E-state index in [4.69, 9.17) is 9.15 Å². The van der Waals surface area contributed by atoms with E-state index in [1.165, 1.54) is 4.90 Å². The van der Waals surface area contributed by atoms with Gasteiger partial charge in [0.15, 0.2) is 0 Å². The predicted molar refractivity (Wildman–Crippen MR) is 137 cm³/mol. The monoisotopic (exact) mass is 474 g/mol. The molecule has 0 saturated heterocycles. The lowest BCUT2D eigenvalue weighted by atomic mass is 10.1. The Morgan fingerprint density at radius 2 is 1.77 bits per heavy atom. The van der Waals surface area contributed by atoms with Crippen molar-refractivity contribution in [2.45, 2.75) is 32.7 Å². The molecule has 0 aliphatic carbocycles. The quantitative estimate of drug-likeness (QED) is 0.233. The topological polar surface area (TPSA) is 63.0 Å². The van der Waals surface area contributed by atoms with Crippen molar-refractivity contribution in [3.63, 3.8) is 0 Å². The maximum Gasteiger partial charge on any atom is 0.254 e. The molecule has 2 aromatic carbocycles. The van der Waals surface area contributed by atoms with E-state index in [9.17, 15) is 9.59 Å². The van der Waals surface area contributed by atoms with Gasteiger partial charge in [-0.2, -0.15) is 0 Å². The molecule has 0 fully saturated rings. The Labute approximate surface area is 207 Å². The molecule has 0 N–H and O–H groups in total. The van der Waals surface area contributed by atoms with Crippen molar-refractivity contribution in [3.8, 4) is 5.75 Å². The molecule has 1 heterocycles. The maximum atomic E-state index is 13.3. The molecule has 184 valence electrons. The highest BCUT2D eigenvalue weighted by molar-refractivity contribution is 5.96. The number of furan rings is 1. The SMILES string of the molecule is C=CCN(CC(=O)N(CCc1ccccc1)Cc1ccco1)C(=O)c1ccc(OCCCC)cc1. The van der Waals surface area contributed by atoms with Crippen LogP contribution in [0.3, 0.4) is 0 Å². The van der Waals surface area contributed by atoms with Crippen molar-refractivity contribution >= 4 is 11.8 Å². The number of unbranched alkanes of at least 4 members (excludes halogenated alkanes) is 1. The number of hydrogen-bond acceptors (Lipinski definition) is 4. The average Bonchev–Trinajstić information content (AvgIpc) is 3.40. The summed E-state index contributed by atoms with van der Waals surface area (Å²) in [6, 6.07) is 20.7. The summed E-state index contributed by atoms with van der Waals surface area (Å²) in [5.41, 5.74) is 1.65. The molecule has 6 nitrogen and oxygen atoms in total. The summed E-state index contributed by atoms with van der Waals surface area (Å²) in [7, 11) is 0. The second-order valence-electron chi connectivity index (χ2n) is 8.33. The molecule has 0 radical (unpaired) electrons. The zero-order valence-corrected chi connectivity index (χ0v) is 20.4. The van der Waals surface area contributed by atoms with Crippen molar-refractivity contribution in [1.82, 2.24) is 9.80 Å². The molecule has 0 unspecified atom stereocenters. The van der Waals surface area contributed by atoms with Gasteiger partial charge in [0.25, 0.3) is 5.91 Å². The van der Waals surface area contributed by atoms with Gasteiger partial charge in [-0.25, -0.2) is 0 Å². The first-order valence-electron chi connectivity index (χ1n) is 12.1. The van der Waals surface area contributed by atoms with E-state index < -0.39 is 0 Å². The molecule has 2 amide bonds. The molecule has 0 saturated carbocycles. The van der Waals surface area contributed by atoms with Gasteiger partial charge in [-0.05, 0) is 54.8 Å². The Hall–Kier alpha value is -3.80. The molecule has 0 bridgehead atoms. The summed E-state index contributed by atoms with van der Waals surface area (Å²) in [5, 5.41) is 0. The van der Waals surface area contributed by atoms with E-state index in [1.54, 1.807) is 47.6 Å². The molecule has 0 aliphatic heterocycles. The van der Waals surface area contributed by atoms with Crippen LogP contribution >= 0.6 is 0 Å². The van der Waals surface area contributed by atoms with Gasteiger partial charge in [-0.15, -0.1) is 6.58 Å². The van der Waals surface area contributed by atoms with Crippen LogP contribution in [0, 0.1) is 0 Å². The van der Waals surface area contributed by atoms with Gasteiger partial charge in [0, 0.05) is 18.7 Å². The number of ether oxygens (including phenoxy) is 1. The molecule has 0 aliphatic rings. The van der Waals surface area contributed by atoms with Crippen molar-refractivity contribution in [2.75, 3.05) is 26.2 Å². The fourth-order valence-corrected chi connectivity index (χ4v) is 3.64. The zero-order chi connectivity index (χ0) is 24.9. The van der Waals surface area contributed by atoms with Gasteiger partial charge in [0.2, 0.25) is 5.91 Å². The zero-order valence-electron chi connectivity index (χ0n) is 20.4. The van der Waals surface area contributed by atoms with Crippen LogP contribution in [0.2, 0.25) is 0 Å². The second-order valence-corrected chi connectivity index (χ2v) is 8.33. The van der Waals surface area contributed by atoms with Gasteiger partial charge in [-0.1, -0.05) is 49.8 Å². The highest BCUT2D eigenvalue weighted by Crippen LogP contribution is 2.15. The van der Waals surface area contributed by atoms with Gasteiger partial charge in [0.05, 0.1) is 19.4 Å². The van der Waals surface area contributed by atoms with Crippen LogP contribution in [0.5, 0.6) is 5.75 Å². The molecule has 6 heteroatoms. The highest BCUT2D eigenvalue weighted by atomic mass is 16.5. The summed E-state index contributed by atoms with van der Waals surface area (Å²) < 4.78 is 11.2. The van der Waals surface area contributed by atoms with Crippen molar-refractivity contribution < 1.29 is 18.7 Å². The summed E-state index contributed by atoms with van der Waals surface area (Å²) >= 11 is 0. The molecule has 1 aromatic heterocycles. The number of hydrogen-bond donors (Lipinski definition) is 0. The Morgan fingerprint density at radius 3 is 2.43 bits per heavy atom. The van der Waals surface area contributed by atoms with Crippen LogP contribution in [0.4, 0.5) is 0 Å². The summed E-state index contributed by atoms with van der Waals surface area (Å²) in [6.07, 6.45) is 5.98. The fourth-order valence-electron chi connectivity index (χ4n) is 3.64. The van der Waals surface area contributed by atoms with E-state index in [1.807, 2.05) is 36.4 Å². The van der Waals surface area contributed by atoms with E-state index >= 15 is 0 Å². The van der Waals surface area contributed by atoms with Crippen molar-refractivity contribution in [3.05, 3.63) is 103 Å². The molecule has 0 atom stereocenters. The molecular weight excluding hydrogens is 440 g/mol. The van der Waals surface area contributed by atoms with Gasteiger partial charge in [0.1, 0.15) is 18.1 Å². The number of nitrogens with zero attached hydrogens (tertiary/aromatic N) is 2. The Kier molecular flexibility index (Phi) is 10.2. The smallest absolute Gasteiger partial charge is 0.254 e. The lowest BCUT2D eigenvalue weighted by molar-refractivity contribution is -0.132. The average molecular weight is 475 g/mol. The van der Waals surface area contributed by atoms with Crippen molar-refractivity contribution in [2.24, 2.45) is 0 Å². The first kappa shape index (κ1) is 25.8. The normalized spacial score (nSPS) is 10.5. The number of rotatable bonds is 14. The van der Waals surface area contributed by atoms with E-state index in [0.29, 0.717) is 37.4 Å². The van der Waals surface area contributed by atoms with Crippen LogP contribution in [-0.4, -0.2) is 47.9 Å². The van der Waals surface area contributed by atoms with E-state index in [0.717, 1.165) is 24.2 Å². The largest absolute Gasteiger partial charge is 0.494 e. The fraction of sp³-hybridized carbons (Fsp3) is 0.310. The minimum Gasteiger partial charge on any atom is -0.494 e. The molecule has 3 rings (SSSR count). The first-order chi connectivity index (χ1) is 17.1. The minimum atomic E-state index is -0.223. The van der Waals surface area contributed by atoms with Gasteiger partial charge in [-0.3, -0.25) is 9.59 Å². The van der Waals surface area contributed by atoms with Crippen LogP contribution in [-0.2, 0) is 17.8 Å². The van der Waals surface area contributed by atoms with Crippen LogP contribution in [0.25, 0.3) is 0 Å². The van der Waals surface area contributed by atoms with Crippen LogP contribution < -0.4 is 4.74 Å². The summed E-state index contributed by atoms with van der Waals surface area (Å²) in [6.45, 7) is 7.61. The maximum absolute atomic E-state index is 13.3. The third kappa shape index (κ3) is 8.18. The lowest BCUT2D eigenvalue weighted by Gasteiger charge is -2.27. The standard InChI is InChI=1S/C29H34N2O4/c1-3-5-20-34-26-15-13-25(14-16-26)29(33)31(18-4-2)23-28(32)30(22-27-12-9-21-35-27)19-17-24-10-7-6-8-11-24/h4,6-16,21H,2-3,5,17-20,22-23H2,1H3. The number of amides is 2. The molecule has 35 heavy (non-hydrogen) atoms. The first-order valence-corrected chi connectivity index (χ1v) is 12.1. The molecule has 0 spiro atoms. The Bertz CT molecular complexity index is 1050. The number of carbonyl (C=O) groups excluding carboxylic acids is 2. The van der Waals surface area contributed by atoms with Crippen LogP contribution in [0.1, 0.15) is 41.4 Å². The molecule has 3 aromatic rings. The van der Waals surface area contributed by atoms with Crippen molar-refractivity contribution in [1.29, 1.82) is 0 Å².